The van der Waals surface area contributed by atoms with Gasteiger partial charge < -0.3 is 10.6 Å². The lowest BCUT2D eigenvalue weighted by atomic mass is 10.1. The highest BCUT2D eigenvalue weighted by Crippen LogP contribution is 2.31. The van der Waals surface area contributed by atoms with Crippen LogP contribution in [0, 0.1) is 0 Å². The number of alkyl halides is 3. The third kappa shape index (κ3) is 3.87. The van der Waals surface area contributed by atoms with E-state index in [1.54, 1.807) is 7.05 Å². The summed E-state index contributed by atoms with van der Waals surface area (Å²) in [6.07, 6.45) is -2.79. The SMILES string of the molecule is CCCCN(C)C(=O)c1cc(C(F)(F)F)ccc1N. The zero-order chi connectivity index (χ0) is 14.6. The standard InChI is InChI=1S/C13H17F3N2O/c1-3-4-7-18(2)12(19)10-8-9(13(14,15)16)5-6-11(10)17/h5-6,8H,3-4,7,17H2,1-2H3. The van der Waals surface area contributed by atoms with Crippen LogP contribution in [0.25, 0.3) is 0 Å². The fourth-order valence-corrected chi connectivity index (χ4v) is 1.62. The monoisotopic (exact) mass is 274 g/mol. The second-order valence-electron chi connectivity index (χ2n) is 4.38. The van der Waals surface area contributed by atoms with Gasteiger partial charge in [-0.05, 0) is 24.6 Å². The predicted molar refractivity (Wildman–Crippen MR) is 67.7 cm³/mol. The predicted octanol–water partition coefficient (Wildman–Crippen LogP) is 3.16. The summed E-state index contributed by atoms with van der Waals surface area (Å²) in [6.45, 7) is 2.46. The first-order chi connectivity index (χ1) is 8.77. The summed E-state index contributed by atoms with van der Waals surface area (Å²) in [5.41, 5.74) is 4.67. The molecule has 19 heavy (non-hydrogen) atoms. The molecule has 6 heteroatoms. The van der Waals surface area contributed by atoms with E-state index in [9.17, 15) is 18.0 Å². The molecular weight excluding hydrogens is 257 g/mol. The normalized spacial score (nSPS) is 11.4. The third-order valence-corrected chi connectivity index (χ3v) is 2.80. The molecule has 0 saturated heterocycles. The van der Waals surface area contributed by atoms with Crippen molar-refractivity contribution in [3.8, 4) is 0 Å². The Morgan fingerprint density at radius 2 is 2.00 bits per heavy atom. The van der Waals surface area contributed by atoms with Crippen LogP contribution < -0.4 is 5.73 Å². The summed E-state index contributed by atoms with van der Waals surface area (Å²) >= 11 is 0. The second kappa shape index (κ2) is 5.95. The van der Waals surface area contributed by atoms with Crippen molar-refractivity contribution in [2.45, 2.75) is 25.9 Å². The summed E-state index contributed by atoms with van der Waals surface area (Å²) < 4.78 is 37.8. The molecule has 106 valence electrons. The molecule has 0 saturated carbocycles. The Labute approximate surface area is 110 Å². The molecule has 1 amide bonds. The van der Waals surface area contributed by atoms with Gasteiger partial charge in [-0.15, -0.1) is 0 Å². The number of nitrogens with zero attached hydrogens (tertiary/aromatic N) is 1. The number of benzene rings is 1. The maximum absolute atomic E-state index is 12.6. The highest BCUT2D eigenvalue weighted by molar-refractivity contribution is 5.99. The topological polar surface area (TPSA) is 46.3 Å². The van der Waals surface area contributed by atoms with Gasteiger partial charge in [-0.2, -0.15) is 13.2 Å². The second-order valence-corrected chi connectivity index (χ2v) is 4.38. The molecule has 1 aromatic carbocycles. The molecule has 1 aromatic rings. The molecule has 0 spiro atoms. The van der Waals surface area contributed by atoms with E-state index in [-0.39, 0.29) is 11.3 Å². The number of carbonyl (C=O) groups is 1. The van der Waals surface area contributed by atoms with Gasteiger partial charge >= 0.3 is 6.18 Å². The number of unbranched alkanes of at least 4 members (excludes halogenated alkanes) is 1. The first-order valence-electron chi connectivity index (χ1n) is 5.99. The van der Waals surface area contributed by atoms with Crippen LogP contribution in [0.5, 0.6) is 0 Å². The van der Waals surface area contributed by atoms with Gasteiger partial charge in [0.15, 0.2) is 0 Å². The minimum absolute atomic E-state index is 0.0568. The number of anilines is 1. The van der Waals surface area contributed by atoms with E-state index in [0.29, 0.717) is 6.54 Å². The average Bonchev–Trinajstić information content (AvgIpc) is 2.34. The van der Waals surface area contributed by atoms with E-state index in [1.165, 1.54) is 4.90 Å². The van der Waals surface area contributed by atoms with E-state index in [1.807, 2.05) is 6.92 Å². The van der Waals surface area contributed by atoms with Gasteiger partial charge in [-0.1, -0.05) is 13.3 Å². The Morgan fingerprint density at radius 1 is 1.37 bits per heavy atom. The van der Waals surface area contributed by atoms with Gasteiger partial charge in [0.1, 0.15) is 0 Å². The minimum Gasteiger partial charge on any atom is -0.398 e. The largest absolute Gasteiger partial charge is 0.416 e. The van der Waals surface area contributed by atoms with Crippen LogP contribution in [0.3, 0.4) is 0 Å². The average molecular weight is 274 g/mol. The van der Waals surface area contributed by atoms with Crippen molar-refractivity contribution < 1.29 is 18.0 Å². The number of hydrogen-bond donors (Lipinski definition) is 1. The van der Waals surface area contributed by atoms with Crippen LogP contribution in [0.2, 0.25) is 0 Å². The van der Waals surface area contributed by atoms with Crippen molar-refractivity contribution in [2.75, 3.05) is 19.3 Å². The molecule has 0 aliphatic heterocycles. The molecule has 0 aliphatic carbocycles. The highest BCUT2D eigenvalue weighted by atomic mass is 19.4. The van der Waals surface area contributed by atoms with E-state index >= 15 is 0 Å². The summed E-state index contributed by atoms with van der Waals surface area (Å²) in [6, 6.07) is 2.79. The van der Waals surface area contributed by atoms with Crippen LogP contribution in [0.15, 0.2) is 18.2 Å². The van der Waals surface area contributed by atoms with Gasteiger partial charge in [-0.25, -0.2) is 0 Å². The van der Waals surface area contributed by atoms with Crippen molar-refractivity contribution in [1.29, 1.82) is 0 Å². The Kier molecular flexibility index (Phi) is 4.80. The van der Waals surface area contributed by atoms with Crippen molar-refractivity contribution >= 4 is 11.6 Å². The highest BCUT2D eigenvalue weighted by Gasteiger charge is 2.31. The van der Waals surface area contributed by atoms with E-state index in [4.69, 9.17) is 5.73 Å². The first-order valence-corrected chi connectivity index (χ1v) is 5.99. The molecule has 0 unspecified atom stereocenters. The lowest BCUT2D eigenvalue weighted by Crippen LogP contribution is -2.28. The fourth-order valence-electron chi connectivity index (χ4n) is 1.62. The number of rotatable bonds is 4. The van der Waals surface area contributed by atoms with Crippen LogP contribution in [0.1, 0.15) is 35.7 Å². The van der Waals surface area contributed by atoms with Crippen molar-refractivity contribution in [1.82, 2.24) is 4.90 Å². The first kappa shape index (κ1) is 15.3. The number of halogens is 3. The summed E-state index contributed by atoms with van der Waals surface area (Å²) in [4.78, 5) is 13.4. The van der Waals surface area contributed by atoms with Gasteiger partial charge in [0, 0.05) is 19.3 Å². The molecule has 0 aliphatic rings. The maximum Gasteiger partial charge on any atom is 0.416 e. The number of nitrogen functional groups attached to an aromatic ring is 1. The van der Waals surface area contributed by atoms with Crippen molar-refractivity contribution in [3.63, 3.8) is 0 Å². The van der Waals surface area contributed by atoms with Gasteiger partial charge in [0.05, 0.1) is 11.1 Å². The van der Waals surface area contributed by atoms with Crippen LogP contribution in [0.4, 0.5) is 18.9 Å². The molecular formula is C13H17F3N2O. The lowest BCUT2D eigenvalue weighted by molar-refractivity contribution is -0.137. The number of hydrogen-bond acceptors (Lipinski definition) is 2. The van der Waals surface area contributed by atoms with E-state index in [2.05, 4.69) is 0 Å². The van der Waals surface area contributed by atoms with E-state index in [0.717, 1.165) is 31.0 Å². The summed E-state index contributed by atoms with van der Waals surface area (Å²) in [5.74, 6) is -0.489. The molecule has 1 rings (SSSR count). The van der Waals surface area contributed by atoms with Crippen molar-refractivity contribution in [3.05, 3.63) is 29.3 Å². The Morgan fingerprint density at radius 3 is 2.53 bits per heavy atom. The van der Waals surface area contributed by atoms with Crippen LogP contribution >= 0.6 is 0 Å². The van der Waals surface area contributed by atoms with E-state index < -0.39 is 17.6 Å². The molecule has 0 atom stereocenters. The van der Waals surface area contributed by atoms with Crippen molar-refractivity contribution in [2.24, 2.45) is 0 Å². The smallest absolute Gasteiger partial charge is 0.398 e. The molecule has 0 heterocycles. The Balaban J connectivity index is 3.02. The summed E-state index contributed by atoms with van der Waals surface area (Å²) in [7, 11) is 1.55. The van der Waals surface area contributed by atoms with Gasteiger partial charge in [0.2, 0.25) is 0 Å². The summed E-state index contributed by atoms with van der Waals surface area (Å²) in [5, 5.41) is 0. The van der Waals surface area contributed by atoms with Crippen LogP contribution in [-0.2, 0) is 6.18 Å². The molecule has 0 fully saturated rings. The molecule has 2 N–H and O–H groups in total. The zero-order valence-corrected chi connectivity index (χ0v) is 10.9. The fraction of sp³-hybridized carbons (Fsp3) is 0.462. The molecule has 0 aromatic heterocycles. The minimum atomic E-state index is -4.48. The molecule has 0 radical (unpaired) electrons. The zero-order valence-electron chi connectivity index (χ0n) is 10.9. The molecule has 3 nitrogen and oxygen atoms in total. The molecule has 0 bridgehead atoms. The Bertz CT molecular complexity index is 458. The maximum atomic E-state index is 12.6. The van der Waals surface area contributed by atoms with Gasteiger partial charge in [-0.3, -0.25) is 4.79 Å². The van der Waals surface area contributed by atoms with Gasteiger partial charge in [0.25, 0.3) is 5.91 Å². The number of amides is 1. The lowest BCUT2D eigenvalue weighted by Gasteiger charge is -2.18. The number of carbonyl (C=O) groups excluding carboxylic acids is 1. The number of nitrogens with two attached hydrogens (primary N) is 1. The third-order valence-electron chi connectivity index (χ3n) is 2.80. The van der Waals surface area contributed by atoms with Crippen LogP contribution in [-0.4, -0.2) is 24.4 Å². The Hall–Kier alpha value is -1.72. The quantitative estimate of drug-likeness (QED) is 0.857.